The van der Waals surface area contributed by atoms with Gasteiger partial charge in [0.1, 0.15) is 0 Å². The number of carbonyl (C=O) groups excluding carboxylic acids is 2. The molecule has 2 aromatic heterocycles. The molecule has 2 heterocycles. The van der Waals surface area contributed by atoms with Gasteiger partial charge in [-0.15, -0.1) is 0 Å². The van der Waals surface area contributed by atoms with Gasteiger partial charge >= 0.3 is 0 Å². The Bertz CT molecular complexity index is 1140. The molecule has 4 rings (SSSR count). The summed E-state index contributed by atoms with van der Waals surface area (Å²) in [4.78, 5) is 29.2. The van der Waals surface area contributed by atoms with Crippen LogP contribution in [0.5, 0.6) is 0 Å². The fourth-order valence-corrected chi connectivity index (χ4v) is 3.65. The highest BCUT2D eigenvalue weighted by atomic mass is 16.2. The quantitative estimate of drug-likeness (QED) is 0.676. The van der Waals surface area contributed by atoms with E-state index in [0.717, 1.165) is 40.8 Å². The Morgan fingerprint density at radius 3 is 2.43 bits per heavy atom. The highest BCUT2D eigenvalue weighted by Crippen LogP contribution is 2.41. The normalized spacial score (nSPS) is 14.1. The van der Waals surface area contributed by atoms with E-state index in [0.29, 0.717) is 17.2 Å². The van der Waals surface area contributed by atoms with Crippen molar-refractivity contribution in [2.75, 3.05) is 5.32 Å². The number of hydrogen-bond acceptors (Lipinski definition) is 4. The first-order valence-electron chi connectivity index (χ1n) is 10.2. The number of fused-ring (bicyclic) bond motifs is 1. The Morgan fingerprint density at radius 1 is 1.20 bits per heavy atom. The molecule has 0 aliphatic heterocycles. The van der Waals surface area contributed by atoms with Gasteiger partial charge in [-0.25, -0.2) is 9.67 Å². The van der Waals surface area contributed by atoms with E-state index in [9.17, 15) is 9.59 Å². The van der Waals surface area contributed by atoms with Crippen molar-refractivity contribution in [2.45, 2.75) is 58.4 Å². The lowest BCUT2D eigenvalue weighted by Crippen LogP contribution is -2.23. The molecule has 30 heavy (non-hydrogen) atoms. The topological polar surface area (TPSA) is 103 Å². The molecule has 0 atom stereocenters. The Labute approximate surface area is 175 Å². The summed E-state index contributed by atoms with van der Waals surface area (Å²) >= 11 is 0. The van der Waals surface area contributed by atoms with Crippen molar-refractivity contribution < 1.29 is 9.59 Å². The predicted molar refractivity (Wildman–Crippen MR) is 117 cm³/mol. The van der Waals surface area contributed by atoms with Crippen LogP contribution >= 0.6 is 0 Å². The van der Waals surface area contributed by atoms with E-state index >= 15 is 0 Å². The van der Waals surface area contributed by atoms with Crippen molar-refractivity contribution in [1.29, 1.82) is 0 Å². The second-order valence-electron chi connectivity index (χ2n) is 9.03. The molecule has 0 saturated heterocycles. The third kappa shape index (κ3) is 3.92. The summed E-state index contributed by atoms with van der Waals surface area (Å²) in [5.74, 6) is -0.161. The lowest BCUT2D eigenvalue weighted by Gasteiger charge is -2.20. The molecule has 1 saturated carbocycles. The summed E-state index contributed by atoms with van der Waals surface area (Å²) in [5, 5.41) is 8.46. The molecule has 7 nitrogen and oxygen atoms in total. The summed E-state index contributed by atoms with van der Waals surface area (Å²) in [6, 6.07) is 9.06. The zero-order valence-electron chi connectivity index (χ0n) is 17.8. The van der Waals surface area contributed by atoms with E-state index in [1.807, 2.05) is 17.7 Å². The van der Waals surface area contributed by atoms with Crippen molar-refractivity contribution >= 4 is 28.5 Å². The van der Waals surface area contributed by atoms with Crippen LogP contribution in [0.3, 0.4) is 0 Å². The van der Waals surface area contributed by atoms with Crippen LogP contribution < -0.4 is 11.1 Å². The van der Waals surface area contributed by atoms with Gasteiger partial charge in [0.25, 0.3) is 5.91 Å². The smallest absolute Gasteiger partial charge is 0.256 e. The minimum atomic E-state index is -0.384. The van der Waals surface area contributed by atoms with Gasteiger partial charge in [0, 0.05) is 17.3 Å². The summed E-state index contributed by atoms with van der Waals surface area (Å²) < 4.78 is 1.92. The average Bonchev–Trinajstić information content (AvgIpc) is 3.45. The fraction of sp³-hybridized carbons (Fsp3) is 0.391. The molecule has 1 fully saturated rings. The summed E-state index contributed by atoms with van der Waals surface area (Å²) in [6.07, 6.45) is 2.38. The maximum absolute atomic E-state index is 13.2. The van der Waals surface area contributed by atoms with Crippen LogP contribution in [0.25, 0.3) is 11.0 Å². The minimum absolute atomic E-state index is 0.176. The SMILES string of the molecule is Cc1nn(C(C)(C)C)c2nc(C3CC3)cc(C(=O)Nc3ccc(CC(N)=O)cc3)c12. The number of nitrogens with zero attached hydrogens (tertiary/aromatic N) is 3. The summed E-state index contributed by atoms with van der Waals surface area (Å²) in [6.45, 7) is 8.16. The molecular weight excluding hydrogens is 378 g/mol. The summed E-state index contributed by atoms with van der Waals surface area (Å²) in [7, 11) is 0. The summed E-state index contributed by atoms with van der Waals surface area (Å²) in [5.41, 5.74) is 9.56. The Balaban J connectivity index is 1.73. The number of hydrogen-bond donors (Lipinski definition) is 2. The molecule has 0 bridgehead atoms. The van der Waals surface area contributed by atoms with Crippen LogP contribution in [0, 0.1) is 6.92 Å². The number of aromatic nitrogens is 3. The molecule has 3 N–H and O–H groups in total. The molecule has 1 aliphatic carbocycles. The van der Waals surface area contributed by atoms with Crippen LogP contribution in [0.1, 0.15) is 66.8 Å². The van der Waals surface area contributed by atoms with Crippen molar-refractivity contribution in [2.24, 2.45) is 5.73 Å². The number of amides is 2. The molecular formula is C23H27N5O2. The van der Waals surface area contributed by atoms with Gasteiger partial charge in [-0.3, -0.25) is 9.59 Å². The van der Waals surface area contributed by atoms with E-state index in [1.165, 1.54) is 0 Å². The van der Waals surface area contributed by atoms with Gasteiger partial charge in [0.05, 0.1) is 28.6 Å². The molecule has 1 aromatic carbocycles. The zero-order valence-corrected chi connectivity index (χ0v) is 17.8. The number of benzene rings is 1. The van der Waals surface area contributed by atoms with Gasteiger partial charge in [-0.1, -0.05) is 12.1 Å². The lowest BCUT2D eigenvalue weighted by atomic mass is 10.1. The maximum Gasteiger partial charge on any atom is 0.256 e. The minimum Gasteiger partial charge on any atom is -0.369 e. The highest BCUT2D eigenvalue weighted by Gasteiger charge is 2.30. The van der Waals surface area contributed by atoms with Gasteiger partial charge in [-0.05, 0) is 64.3 Å². The molecule has 0 unspecified atom stereocenters. The third-order valence-corrected chi connectivity index (χ3v) is 5.30. The molecule has 0 radical (unpaired) electrons. The number of primary amides is 1. The number of nitrogens with one attached hydrogen (secondary N) is 1. The largest absolute Gasteiger partial charge is 0.369 e. The first-order chi connectivity index (χ1) is 14.1. The Morgan fingerprint density at radius 2 is 1.87 bits per heavy atom. The second kappa shape index (κ2) is 7.23. The maximum atomic E-state index is 13.2. The van der Waals surface area contributed by atoms with Crippen LogP contribution in [-0.2, 0) is 16.8 Å². The third-order valence-electron chi connectivity index (χ3n) is 5.30. The number of anilines is 1. The average molecular weight is 406 g/mol. The monoisotopic (exact) mass is 405 g/mol. The van der Waals surface area contributed by atoms with Crippen molar-refractivity contribution in [3.05, 3.63) is 52.8 Å². The fourth-order valence-electron chi connectivity index (χ4n) is 3.65. The lowest BCUT2D eigenvalue weighted by molar-refractivity contribution is -0.117. The van der Waals surface area contributed by atoms with E-state index in [-0.39, 0.29) is 23.8 Å². The molecule has 2 amide bonds. The van der Waals surface area contributed by atoms with Gasteiger partial charge < -0.3 is 11.1 Å². The molecule has 7 heteroatoms. The first kappa shape index (κ1) is 20.1. The number of aryl methyl sites for hydroxylation is 1. The van der Waals surface area contributed by atoms with E-state index in [2.05, 4.69) is 26.1 Å². The standard InChI is InChI=1S/C23H27N5O2/c1-13-20-17(22(30)25-16-9-5-14(6-10-16)11-19(24)29)12-18(15-7-8-15)26-21(20)28(27-13)23(2,3)4/h5-6,9-10,12,15H,7-8,11H2,1-4H3,(H2,24,29)(H,25,30). The number of nitrogens with two attached hydrogens (primary N) is 1. The van der Waals surface area contributed by atoms with Crippen LogP contribution in [0.15, 0.2) is 30.3 Å². The van der Waals surface area contributed by atoms with Crippen LogP contribution in [0.4, 0.5) is 5.69 Å². The molecule has 156 valence electrons. The van der Waals surface area contributed by atoms with Crippen molar-refractivity contribution in [3.8, 4) is 0 Å². The molecule has 1 aliphatic rings. The highest BCUT2D eigenvalue weighted by molar-refractivity contribution is 6.12. The Kier molecular flexibility index (Phi) is 4.84. The second-order valence-corrected chi connectivity index (χ2v) is 9.03. The van der Waals surface area contributed by atoms with Crippen molar-refractivity contribution in [3.63, 3.8) is 0 Å². The van der Waals surface area contributed by atoms with Gasteiger partial charge in [0.15, 0.2) is 5.65 Å². The van der Waals surface area contributed by atoms with Gasteiger partial charge in [0.2, 0.25) is 5.91 Å². The predicted octanol–water partition coefficient (Wildman–Crippen LogP) is 3.65. The van der Waals surface area contributed by atoms with Crippen LogP contribution in [-0.4, -0.2) is 26.6 Å². The van der Waals surface area contributed by atoms with E-state index in [1.54, 1.807) is 24.3 Å². The molecule has 3 aromatic rings. The van der Waals surface area contributed by atoms with E-state index in [4.69, 9.17) is 15.8 Å². The number of rotatable bonds is 5. The van der Waals surface area contributed by atoms with Crippen LogP contribution in [0.2, 0.25) is 0 Å². The zero-order chi connectivity index (χ0) is 21.6. The van der Waals surface area contributed by atoms with E-state index < -0.39 is 0 Å². The number of carbonyl (C=O) groups is 2. The van der Waals surface area contributed by atoms with Crippen molar-refractivity contribution in [1.82, 2.24) is 14.8 Å². The van der Waals surface area contributed by atoms with Gasteiger partial charge in [-0.2, -0.15) is 5.10 Å². The Hall–Kier alpha value is -3.22. The molecule has 0 spiro atoms. The number of pyridine rings is 1. The first-order valence-corrected chi connectivity index (χ1v) is 10.2.